The van der Waals surface area contributed by atoms with Crippen LogP contribution < -0.4 is 0 Å². The molecule has 4 fully saturated rings. The number of carbonyl (C=O) groups excluding carboxylic acids is 2. The van der Waals surface area contributed by atoms with E-state index in [4.69, 9.17) is 40.3 Å². The number of aliphatic hydroxyl groups is 1. The third kappa shape index (κ3) is 13.1. The van der Waals surface area contributed by atoms with E-state index in [1.54, 1.807) is 67.1 Å². The van der Waals surface area contributed by atoms with Crippen molar-refractivity contribution >= 4 is 81.6 Å². The minimum Gasteiger partial charge on any atom is -0.462 e. The Balaban J connectivity index is 0.000000164. The van der Waals surface area contributed by atoms with Crippen LogP contribution in [0, 0.1) is 35.0 Å². The van der Waals surface area contributed by atoms with Gasteiger partial charge in [-0.05, 0) is 112 Å². The quantitative estimate of drug-likeness (QED) is 0.0309. The van der Waals surface area contributed by atoms with Gasteiger partial charge in [-0.25, -0.2) is 57.9 Å². The molecule has 4 saturated heterocycles. The molecule has 0 saturated carbocycles. The molecule has 8 aromatic heterocycles. The monoisotopic (exact) mass is 1450 g/mol. The molecule has 41 heteroatoms. The summed E-state index contributed by atoms with van der Waals surface area (Å²) in [6.07, 6.45) is 23.4. The second-order valence-corrected chi connectivity index (χ2v) is 27.3. The van der Waals surface area contributed by atoms with Crippen LogP contribution in [0.4, 0.5) is 0 Å². The Bertz CT molecular complexity index is 4550. The standard InChI is InChI=1S/C16H21N7O3S.C15H18N8OS.C14H19N7O2S.C8H13N3O2.C6H6N4S/c1-6-11-9(2)15(4,21-22-17)16(26-11,25-10(3)24)12-7-18-13-14(27-5)19-8-20-23(12)13;1-5-10-9(2)14(3,21-22-17)15(7-16,24-10)11-6-18-12-13(25-4)19-8-20-23(11)12;1-5-9-8(2)13(3,19-20-15)14(22,23-9)10-6-16-11-12(24-4)17-7-18-21(10)11;1-4-6-5(2)8(3,10-11-9)7(12)13-6;1-11-6-5-7-2-3-10(5)9-4-8-6/h7-9,11H,6H2,1-5H3;6,8-10H,5H2,1-4H3;6-9,22H,5H2,1-4H3;5-6H,4H2,1-3H3;2-4H,1H3/t9-,11-,15-,16?;9-,10-,14-,15?;8-,9-,13-,14?;5-,6-,8-;/m1111./s1. The van der Waals surface area contributed by atoms with Crippen LogP contribution >= 0.6 is 47.0 Å². The number of carbonyl (C=O) groups is 2. The molecule has 8 aromatic rings. The van der Waals surface area contributed by atoms with Crippen molar-refractivity contribution in [2.45, 2.75) is 200 Å². The highest BCUT2D eigenvalue weighted by Gasteiger charge is 2.67. The van der Waals surface area contributed by atoms with Crippen molar-refractivity contribution < 1.29 is 38.4 Å². The first-order valence-electron chi connectivity index (χ1n) is 31.4. The zero-order valence-electron chi connectivity index (χ0n) is 58.1. The van der Waals surface area contributed by atoms with Gasteiger partial charge in [0.2, 0.25) is 11.4 Å². The van der Waals surface area contributed by atoms with E-state index in [-0.39, 0.29) is 48.1 Å². The maximum Gasteiger partial charge on any atom is 0.318 e. The van der Waals surface area contributed by atoms with Gasteiger partial charge in [0.1, 0.15) is 91.3 Å². The fourth-order valence-corrected chi connectivity index (χ4v) is 14.8. The Morgan fingerprint density at radius 1 is 0.570 bits per heavy atom. The van der Waals surface area contributed by atoms with Crippen molar-refractivity contribution in [3.05, 3.63) is 115 Å². The first-order valence-corrected chi connectivity index (χ1v) is 36.3. The molecule has 4 aliphatic heterocycles. The number of hydrogen-bond donors (Lipinski definition) is 1. The topological polar surface area (TPSA) is 492 Å². The van der Waals surface area contributed by atoms with Gasteiger partial charge in [-0.15, -0.1) is 47.0 Å². The molecule has 3 unspecified atom stereocenters. The van der Waals surface area contributed by atoms with Crippen LogP contribution in [-0.4, -0.2) is 167 Å². The lowest BCUT2D eigenvalue weighted by molar-refractivity contribution is -0.249. The molecule has 0 spiro atoms. The molecule has 0 amide bonds. The molecule has 0 radical (unpaired) electrons. The van der Waals surface area contributed by atoms with Gasteiger partial charge in [0.05, 0.1) is 42.4 Å². The minimum atomic E-state index is -1.83. The summed E-state index contributed by atoms with van der Waals surface area (Å²) in [6.45, 7) is 23.6. The largest absolute Gasteiger partial charge is 0.462 e. The maximum atomic E-state index is 12.0. The molecule has 0 aliphatic carbocycles. The Kier molecular flexibility index (Phi) is 24.1. The number of nitriles is 1. The predicted octanol–water partition coefficient (Wildman–Crippen LogP) is 11.5. The SMILES string of the molecule is CC[C@H]1OC(=O)[C@](C)(N=[N+]=[N-])[C@@H]1C.CC[C@H]1OC(C#N)(c2cnc3c(SC)ncnn23)[C@](C)(N=[N+]=[N-])[C@@H]1C.CC[C@H]1OC(O)(c2cnc3c(SC)ncnn23)[C@](C)(N=[N+]=[N-])[C@@H]1C.CC[C@H]1OC(OC(C)=O)(c2cnc3c(SC)ncnn23)[C@](C)(N=[N+]=[N-])[C@@H]1C.CSc1ncnn2ccnc12. The normalized spacial score (nSPS) is 30.1. The highest BCUT2D eigenvalue weighted by molar-refractivity contribution is 7.99. The molecule has 0 bridgehead atoms. The van der Waals surface area contributed by atoms with Crippen molar-refractivity contribution in [3.63, 3.8) is 0 Å². The summed E-state index contributed by atoms with van der Waals surface area (Å²) >= 11 is 5.85. The van der Waals surface area contributed by atoms with Crippen molar-refractivity contribution in [3.8, 4) is 6.07 Å². The van der Waals surface area contributed by atoms with E-state index in [2.05, 4.69) is 106 Å². The zero-order chi connectivity index (χ0) is 73.3. The average molecular weight is 1450 g/mol. The molecule has 100 heavy (non-hydrogen) atoms. The lowest BCUT2D eigenvalue weighted by Gasteiger charge is -2.38. The van der Waals surface area contributed by atoms with Gasteiger partial charge in [-0.3, -0.25) is 9.59 Å². The van der Waals surface area contributed by atoms with Gasteiger partial charge < -0.3 is 28.8 Å². The summed E-state index contributed by atoms with van der Waals surface area (Å²) < 4.78 is 35.6. The molecular weight excluding hydrogens is 1370 g/mol. The first-order chi connectivity index (χ1) is 47.7. The highest BCUT2D eigenvalue weighted by atomic mass is 32.2. The Labute approximate surface area is 590 Å². The van der Waals surface area contributed by atoms with Crippen LogP contribution in [-0.2, 0) is 50.4 Å². The third-order valence-corrected chi connectivity index (χ3v) is 22.0. The van der Waals surface area contributed by atoms with E-state index in [9.17, 15) is 25.5 Å². The van der Waals surface area contributed by atoms with E-state index < -0.39 is 51.3 Å². The zero-order valence-corrected chi connectivity index (χ0v) is 61.3. The Morgan fingerprint density at radius 3 is 1.45 bits per heavy atom. The van der Waals surface area contributed by atoms with Crippen LogP contribution in [0.25, 0.3) is 64.4 Å². The molecule has 37 nitrogen and oxygen atoms in total. The number of ether oxygens (including phenoxy) is 5. The van der Waals surface area contributed by atoms with Crippen molar-refractivity contribution in [1.29, 1.82) is 5.26 Å². The van der Waals surface area contributed by atoms with Crippen LogP contribution in [0.15, 0.2) is 96.9 Å². The van der Waals surface area contributed by atoms with Crippen LogP contribution in [0.5, 0.6) is 0 Å². The molecular formula is C59H77N29O8S4. The number of hydrogen-bond acceptors (Lipinski definition) is 29. The number of azide groups is 4. The molecule has 4 aliphatic rings. The molecule has 12 rings (SSSR count). The molecule has 12 heterocycles. The van der Waals surface area contributed by atoms with E-state index in [1.165, 1.54) is 88.9 Å². The van der Waals surface area contributed by atoms with Crippen LogP contribution in [0.2, 0.25) is 0 Å². The van der Waals surface area contributed by atoms with Crippen molar-refractivity contribution in [2.24, 2.45) is 44.1 Å². The maximum absolute atomic E-state index is 12.0. The number of imidazole rings is 4. The number of nitrogens with zero attached hydrogens (tertiary/aromatic N) is 29. The van der Waals surface area contributed by atoms with Crippen LogP contribution in [0.1, 0.15) is 133 Å². The van der Waals surface area contributed by atoms with Gasteiger partial charge in [-0.1, -0.05) is 75.8 Å². The number of cyclic esters (lactones) is 1. The summed E-state index contributed by atoms with van der Waals surface area (Å²) in [5.41, 5.74) is 33.3. The minimum absolute atomic E-state index is 0.0547. The van der Waals surface area contributed by atoms with Crippen LogP contribution in [0.3, 0.4) is 0 Å². The molecule has 15 atom stereocenters. The van der Waals surface area contributed by atoms with Crippen molar-refractivity contribution in [2.75, 3.05) is 25.0 Å². The summed E-state index contributed by atoms with van der Waals surface area (Å²) in [6, 6.07) is 2.26. The number of fused-ring (bicyclic) bond motifs is 4. The lowest BCUT2D eigenvalue weighted by atomic mass is 9.73. The Morgan fingerprint density at radius 2 is 0.980 bits per heavy atom. The second kappa shape index (κ2) is 31.3. The van der Waals surface area contributed by atoms with Gasteiger partial charge in [0, 0.05) is 50.8 Å². The summed E-state index contributed by atoms with van der Waals surface area (Å²) in [5, 5.41) is 56.7. The van der Waals surface area contributed by atoms with Gasteiger partial charge in [-0.2, -0.15) is 25.7 Å². The number of aromatic nitrogens is 16. The van der Waals surface area contributed by atoms with Gasteiger partial charge in [0.25, 0.3) is 5.79 Å². The van der Waals surface area contributed by atoms with E-state index in [1.807, 2.05) is 80.4 Å². The summed E-state index contributed by atoms with van der Waals surface area (Å²) in [7, 11) is 0. The summed E-state index contributed by atoms with van der Waals surface area (Å²) in [4.78, 5) is 68.9. The summed E-state index contributed by atoms with van der Waals surface area (Å²) in [5.74, 6) is -5.07. The first kappa shape index (κ1) is 76.9. The van der Waals surface area contributed by atoms with E-state index in [0.29, 0.717) is 68.4 Å². The predicted molar refractivity (Wildman–Crippen MR) is 367 cm³/mol. The Hall–Kier alpha value is -8.89. The van der Waals surface area contributed by atoms with Crippen molar-refractivity contribution in [1.82, 2.24) is 78.3 Å². The highest BCUT2D eigenvalue weighted by Crippen LogP contribution is 2.56. The van der Waals surface area contributed by atoms with E-state index >= 15 is 0 Å². The number of thioether (sulfide) groups is 4. The second-order valence-electron chi connectivity index (χ2n) is 24.1. The average Bonchev–Trinajstić information content (AvgIpc) is 1.57. The number of rotatable bonds is 16. The molecule has 0 aromatic carbocycles. The van der Waals surface area contributed by atoms with Gasteiger partial charge >= 0.3 is 11.9 Å². The molecule has 1 N–H and O–H groups in total. The fraction of sp³-hybridized carbons (Fsp3) is 0.610. The lowest BCUT2D eigenvalue weighted by Crippen LogP contribution is -2.51. The smallest absolute Gasteiger partial charge is 0.318 e. The third-order valence-electron chi connectivity index (χ3n) is 19.3. The fourth-order valence-electron chi connectivity index (χ4n) is 12.9. The van der Waals surface area contributed by atoms with Gasteiger partial charge in [0.15, 0.2) is 22.6 Å². The molecule has 530 valence electrons. The number of esters is 2. The van der Waals surface area contributed by atoms with E-state index in [0.717, 1.165) is 17.1 Å².